The highest BCUT2D eigenvalue weighted by molar-refractivity contribution is 6.08. The van der Waals surface area contributed by atoms with E-state index in [4.69, 9.17) is 9.47 Å². The Morgan fingerprint density at radius 1 is 0.885 bits per heavy atom. The Balaban J connectivity index is 1.53. The number of nitrogens with zero attached hydrogens (tertiary/aromatic N) is 2. The van der Waals surface area contributed by atoms with E-state index in [1.807, 2.05) is 21.9 Å². The number of carbonyl (C=O) groups is 2. The van der Waals surface area contributed by atoms with Crippen molar-refractivity contribution in [2.75, 3.05) is 33.9 Å². The number of rotatable bonds is 4. The number of amides is 2. The summed E-state index contributed by atoms with van der Waals surface area (Å²) in [6.07, 6.45) is 4.26. The fourth-order valence-corrected chi connectivity index (χ4v) is 4.23. The second-order valence-electron chi connectivity index (χ2n) is 7.53. The first-order chi connectivity index (χ1) is 12.6. The Labute approximate surface area is 154 Å². The molecule has 0 bridgehead atoms. The van der Waals surface area contributed by atoms with Crippen molar-refractivity contribution < 1.29 is 19.1 Å². The highest BCUT2D eigenvalue weighted by atomic mass is 16.5. The summed E-state index contributed by atoms with van der Waals surface area (Å²) in [5.41, 5.74) is 1.48. The molecule has 0 unspecified atom stereocenters. The van der Waals surface area contributed by atoms with E-state index in [0.717, 1.165) is 37.9 Å². The molecule has 1 aromatic rings. The molecular formula is C20H26N2O4. The summed E-state index contributed by atoms with van der Waals surface area (Å²) in [6, 6.07) is 3.95. The van der Waals surface area contributed by atoms with E-state index in [-0.39, 0.29) is 11.8 Å². The monoisotopic (exact) mass is 358 g/mol. The van der Waals surface area contributed by atoms with Gasteiger partial charge in [0.05, 0.1) is 14.2 Å². The predicted octanol–water partition coefficient (Wildman–Crippen LogP) is 1.99. The Morgan fingerprint density at radius 2 is 1.46 bits per heavy atom. The molecule has 26 heavy (non-hydrogen) atoms. The summed E-state index contributed by atoms with van der Waals surface area (Å²) >= 11 is 0. The topological polar surface area (TPSA) is 59.1 Å². The largest absolute Gasteiger partial charge is 0.493 e. The molecule has 140 valence electrons. The van der Waals surface area contributed by atoms with Crippen molar-refractivity contribution in [3.05, 3.63) is 23.3 Å². The van der Waals surface area contributed by atoms with Gasteiger partial charge in [-0.15, -0.1) is 0 Å². The van der Waals surface area contributed by atoms with E-state index >= 15 is 0 Å². The molecule has 0 atom stereocenters. The molecule has 1 aliphatic carbocycles. The lowest BCUT2D eigenvalue weighted by molar-refractivity contribution is -0.149. The van der Waals surface area contributed by atoms with E-state index in [1.54, 1.807) is 14.2 Å². The average Bonchev–Trinajstić information content (AvgIpc) is 3.31. The van der Waals surface area contributed by atoms with Gasteiger partial charge >= 0.3 is 0 Å². The molecule has 2 fully saturated rings. The van der Waals surface area contributed by atoms with Crippen molar-refractivity contribution in [1.29, 1.82) is 0 Å². The van der Waals surface area contributed by atoms with E-state index in [2.05, 4.69) is 0 Å². The summed E-state index contributed by atoms with van der Waals surface area (Å²) in [5, 5.41) is 0. The molecule has 2 aliphatic heterocycles. The minimum atomic E-state index is -0.779. The van der Waals surface area contributed by atoms with Crippen LogP contribution in [0.1, 0.15) is 36.8 Å². The summed E-state index contributed by atoms with van der Waals surface area (Å²) in [6.45, 7) is 2.78. The molecule has 1 saturated heterocycles. The highest BCUT2D eigenvalue weighted by Crippen LogP contribution is 2.50. The molecule has 0 aromatic heterocycles. The van der Waals surface area contributed by atoms with E-state index in [0.29, 0.717) is 37.4 Å². The first-order valence-corrected chi connectivity index (χ1v) is 9.41. The van der Waals surface area contributed by atoms with Crippen LogP contribution in [0.3, 0.4) is 0 Å². The van der Waals surface area contributed by atoms with Crippen LogP contribution in [0.2, 0.25) is 0 Å². The standard InChI is InChI=1S/C20H26N2O4/c1-25-16-11-14-5-10-22(13-15(14)12-17(16)26-2)19(24)20(6-7-20)18(23)21-8-3-4-9-21/h11-12H,3-10,13H2,1-2H3. The SMILES string of the molecule is COc1cc2c(cc1OC)CN(C(=O)C1(C(=O)N3CCCC3)CC1)CC2. The Morgan fingerprint density at radius 3 is 2.04 bits per heavy atom. The van der Waals surface area contributed by atoms with Gasteiger partial charge in [-0.1, -0.05) is 0 Å². The van der Waals surface area contributed by atoms with Gasteiger partial charge in [0.2, 0.25) is 11.8 Å². The average molecular weight is 358 g/mol. The lowest BCUT2D eigenvalue weighted by atomic mass is 9.96. The minimum absolute atomic E-state index is 0.00911. The van der Waals surface area contributed by atoms with Gasteiger partial charge in [0.15, 0.2) is 11.5 Å². The van der Waals surface area contributed by atoms with Crippen molar-refractivity contribution in [3.8, 4) is 11.5 Å². The van der Waals surface area contributed by atoms with Gasteiger partial charge in [-0.05, 0) is 55.4 Å². The van der Waals surface area contributed by atoms with E-state index < -0.39 is 5.41 Å². The van der Waals surface area contributed by atoms with Crippen LogP contribution in [0, 0.1) is 5.41 Å². The smallest absolute Gasteiger partial charge is 0.238 e. The number of fused-ring (bicyclic) bond motifs is 1. The highest BCUT2D eigenvalue weighted by Gasteiger charge is 2.59. The molecule has 0 radical (unpaired) electrons. The van der Waals surface area contributed by atoms with Gasteiger partial charge in [0, 0.05) is 26.2 Å². The van der Waals surface area contributed by atoms with Crippen LogP contribution >= 0.6 is 0 Å². The van der Waals surface area contributed by atoms with Gasteiger partial charge in [0.25, 0.3) is 0 Å². The van der Waals surface area contributed by atoms with E-state index in [9.17, 15) is 9.59 Å². The van der Waals surface area contributed by atoms with Gasteiger partial charge < -0.3 is 19.3 Å². The molecule has 1 saturated carbocycles. The predicted molar refractivity (Wildman–Crippen MR) is 96.1 cm³/mol. The number of likely N-dealkylation sites (tertiary alicyclic amines) is 1. The van der Waals surface area contributed by atoms with Crippen LogP contribution in [0.15, 0.2) is 12.1 Å². The molecule has 1 aromatic carbocycles. The molecule has 0 N–H and O–H groups in total. The maximum atomic E-state index is 13.2. The fraction of sp³-hybridized carbons (Fsp3) is 0.600. The van der Waals surface area contributed by atoms with Gasteiger partial charge in [-0.2, -0.15) is 0 Å². The molecule has 0 spiro atoms. The van der Waals surface area contributed by atoms with Crippen LogP contribution in [-0.4, -0.2) is 55.5 Å². The first kappa shape index (κ1) is 17.2. The molecule has 6 heteroatoms. The second-order valence-corrected chi connectivity index (χ2v) is 7.53. The first-order valence-electron chi connectivity index (χ1n) is 9.41. The number of hydrogen-bond donors (Lipinski definition) is 0. The van der Waals surface area contributed by atoms with Crippen LogP contribution < -0.4 is 9.47 Å². The van der Waals surface area contributed by atoms with Gasteiger partial charge in [0.1, 0.15) is 5.41 Å². The summed E-state index contributed by atoms with van der Waals surface area (Å²) in [5.74, 6) is 1.46. The van der Waals surface area contributed by atoms with Crippen molar-refractivity contribution in [3.63, 3.8) is 0 Å². The molecule has 3 aliphatic rings. The zero-order valence-electron chi connectivity index (χ0n) is 15.5. The Hall–Kier alpha value is -2.24. The third-order valence-electron chi connectivity index (χ3n) is 5.97. The van der Waals surface area contributed by atoms with Crippen LogP contribution in [-0.2, 0) is 22.6 Å². The number of ether oxygens (including phenoxy) is 2. The van der Waals surface area contributed by atoms with Crippen LogP contribution in [0.4, 0.5) is 0 Å². The van der Waals surface area contributed by atoms with Crippen LogP contribution in [0.5, 0.6) is 11.5 Å². The maximum Gasteiger partial charge on any atom is 0.238 e. The molecule has 2 heterocycles. The third-order valence-corrected chi connectivity index (χ3v) is 5.97. The van der Waals surface area contributed by atoms with Gasteiger partial charge in [-0.3, -0.25) is 9.59 Å². The summed E-state index contributed by atoms with van der Waals surface area (Å²) < 4.78 is 10.8. The number of methoxy groups -OCH3 is 2. The van der Waals surface area contributed by atoms with Crippen molar-refractivity contribution in [2.24, 2.45) is 5.41 Å². The quantitative estimate of drug-likeness (QED) is 0.773. The maximum absolute atomic E-state index is 13.2. The Kier molecular flexibility index (Phi) is 4.29. The normalized spacial score (nSPS) is 20.5. The zero-order valence-corrected chi connectivity index (χ0v) is 15.5. The van der Waals surface area contributed by atoms with Gasteiger partial charge in [-0.25, -0.2) is 0 Å². The molecular weight excluding hydrogens is 332 g/mol. The van der Waals surface area contributed by atoms with Crippen molar-refractivity contribution >= 4 is 11.8 Å². The number of carbonyl (C=O) groups excluding carboxylic acids is 2. The fourth-order valence-electron chi connectivity index (χ4n) is 4.23. The zero-order chi connectivity index (χ0) is 18.3. The molecule has 4 rings (SSSR count). The molecule has 2 amide bonds. The summed E-state index contributed by atoms with van der Waals surface area (Å²) in [4.78, 5) is 29.8. The lowest BCUT2D eigenvalue weighted by Crippen LogP contribution is -2.47. The Bertz CT molecular complexity index is 736. The van der Waals surface area contributed by atoms with Crippen molar-refractivity contribution in [2.45, 2.75) is 38.6 Å². The van der Waals surface area contributed by atoms with Crippen LogP contribution in [0.25, 0.3) is 0 Å². The summed E-state index contributed by atoms with van der Waals surface area (Å²) in [7, 11) is 3.24. The minimum Gasteiger partial charge on any atom is -0.493 e. The number of hydrogen-bond acceptors (Lipinski definition) is 4. The van der Waals surface area contributed by atoms with E-state index in [1.165, 1.54) is 5.56 Å². The lowest BCUT2D eigenvalue weighted by Gasteiger charge is -2.33. The number of benzene rings is 1. The third kappa shape index (κ3) is 2.72. The second kappa shape index (κ2) is 6.49. The molecule has 6 nitrogen and oxygen atoms in total. The van der Waals surface area contributed by atoms with Crippen molar-refractivity contribution in [1.82, 2.24) is 9.80 Å².